The van der Waals surface area contributed by atoms with E-state index in [-0.39, 0.29) is 16.9 Å². The molecule has 4 nitrogen and oxygen atoms in total. The molecule has 0 saturated heterocycles. The third-order valence-corrected chi connectivity index (χ3v) is 4.77. The van der Waals surface area contributed by atoms with Crippen molar-refractivity contribution in [1.29, 1.82) is 0 Å². The van der Waals surface area contributed by atoms with Gasteiger partial charge in [-0.15, -0.1) is 10.2 Å². The summed E-state index contributed by atoms with van der Waals surface area (Å²) in [4.78, 5) is 0. The molecular weight excluding hydrogens is 363 g/mol. The van der Waals surface area contributed by atoms with E-state index < -0.39 is 5.82 Å². The molecule has 1 aromatic heterocycles. The zero-order chi connectivity index (χ0) is 17.8. The molecule has 1 atom stereocenters. The summed E-state index contributed by atoms with van der Waals surface area (Å²) in [5.74, 6) is 0.714. The summed E-state index contributed by atoms with van der Waals surface area (Å²) in [5.41, 5.74) is 2.00. The maximum Gasteiger partial charge on any atom is 0.277 e. The first-order valence-electron chi connectivity index (χ1n) is 7.65. The summed E-state index contributed by atoms with van der Waals surface area (Å²) < 4.78 is 24.5. The summed E-state index contributed by atoms with van der Waals surface area (Å²) in [7, 11) is 0. The highest BCUT2D eigenvalue weighted by molar-refractivity contribution is 7.99. The SMILES string of the molecule is Cc1cccc(OCc2nnc(SC(C)c3ccc(F)c(Cl)c3)o2)c1. The van der Waals surface area contributed by atoms with Gasteiger partial charge in [-0.2, -0.15) is 0 Å². The Hall–Kier alpha value is -2.05. The second-order valence-electron chi connectivity index (χ2n) is 5.50. The molecule has 0 spiro atoms. The Morgan fingerprint density at radius 2 is 2.08 bits per heavy atom. The molecule has 0 amide bonds. The number of aromatic nitrogens is 2. The molecule has 0 aliphatic heterocycles. The van der Waals surface area contributed by atoms with Gasteiger partial charge < -0.3 is 9.15 Å². The number of thioether (sulfide) groups is 1. The Kier molecular flexibility index (Phi) is 5.60. The lowest BCUT2D eigenvalue weighted by Crippen LogP contribution is -1.95. The van der Waals surface area contributed by atoms with E-state index in [2.05, 4.69) is 10.2 Å². The van der Waals surface area contributed by atoms with Gasteiger partial charge in [-0.05, 0) is 49.2 Å². The summed E-state index contributed by atoms with van der Waals surface area (Å²) >= 11 is 7.20. The van der Waals surface area contributed by atoms with E-state index in [9.17, 15) is 4.39 Å². The van der Waals surface area contributed by atoms with Gasteiger partial charge in [-0.3, -0.25) is 0 Å². The van der Waals surface area contributed by atoms with Crippen LogP contribution >= 0.6 is 23.4 Å². The van der Waals surface area contributed by atoms with E-state index in [4.69, 9.17) is 20.8 Å². The first kappa shape index (κ1) is 17.8. The standard InChI is InChI=1S/C18H16ClFN2O2S/c1-11-4-3-5-14(8-11)23-10-17-21-22-18(24-17)25-12(2)13-6-7-16(20)15(19)9-13/h3-9,12H,10H2,1-2H3. The molecule has 0 aliphatic carbocycles. The van der Waals surface area contributed by atoms with Gasteiger partial charge in [0.15, 0.2) is 6.61 Å². The summed E-state index contributed by atoms with van der Waals surface area (Å²) in [6, 6.07) is 12.4. The summed E-state index contributed by atoms with van der Waals surface area (Å²) in [6.07, 6.45) is 0. The number of aryl methyl sites for hydroxylation is 1. The number of ether oxygens (including phenoxy) is 1. The quantitative estimate of drug-likeness (QED) is 0.522. The maximum absolute atomic E-state index is 13.2. The topological polar surface area (TPSA) is 48.2 Å². The van der Waals surface area contributed by atoms with Crippen LogP contribution in [0.2, 0.25) is 5.02 Å². The van der Waals surface area contributed by atoms with Gasteiger partial charge in [0.25, 0.3) is 11.1 Å². The van der Waals surface area contributed by atoms with Crippen molar-refractivity contribution in [2.45, 2.75) is 30.9 Å². The van der Waals surface area contributed by atoms with Gasteiger partial charge in [-0.25, -0.2) is 4.39 Å². The molecule has 1 heterocycles. The molecule has 0 saturated carbocycles. The van der Waals surface area contributed by atoms with Crippen LogP contribution in [0.5, 0.6) is 5.75 Å². The molecule has 3 rings (SSSR count). The van der Waals surface area contributed by atoms with Crippen LogP contribution in [0.15, 0.2) is 52.1 Å². The first-order valence-corrected chi connectivity index (χ1v) is 8.90. The van der Waals surface area contributed by atoms with Crippen LogP contribution in [0, 0.1) is 12.7 Å². The van der Waals surface area contributed by atoms with Crippen LogP contribution in [-0.2, 0) is 6.61 Å². The number of benzene rings is 2. The zero-order valence-electron chi connectivity index (χ0n) is 13.7. The van der Waals surface area contributed by atoms with Crippen molar-refractivity contribution in [2.24, 2.45) is 0 Å². The Morgan fingerprint density at radius 3 is 2.84 bits per heavy atom. The van der Waals surface area contributed by atoms with Gasteiger partial charge in [-0.1, -0.05) is 41.6 Å². The fourth-order valence-electron chi connectivity index (χ4n) is 2.18. The van der Waals surface area contributed by atoms with Crippen molar-refractivity contribution in [3.63, 3.8) is 0 Å². The van der Waals surface area contributed by atoms with Crippen LogP contribution in [0.4, 0.5) is 4.39 Å². The van der Waals surface area contributed by atoms with Gasteiger partial charge in [0.05, 0.1) is 5.02 Å². The molecule has 1 unspecified atom stereocenters. The molecule has 3 aromatic rings. The molecule has 25 heavy (non-hydrogen) atoms. The molecule has 0 aliphatic rings. The fraction of sp³-hybridized carbons (Fsp3) is 0.222. The second kappa shape index (κ2) is 7.89. The largest absolute Gasteiger partial charge is 0.484 e. The minimum absolute atomic E-state index is 0.0101. The maximum atomic E-state index is 13.2. The second-order valence-corrected chi connectivity index (χ2v) is 7.20. The number of rotatable bonds is 6. The van der Waals surface area contributed by atoms with Crippen molar-refractivity contribution in [3.8, 4) is 5.75 Å². The van der Waals surface area contributed by atoms with Gasteiger partial charge in [0, 0.05) is 5.25 Å². The molecular formula is C18H16ClFN2O2S. The Bertz CT molecular complexity index is 872. The first-order chi connectivity index (χ1) is 12.0. The van der Waals surface area contributed by atoms with Crippen LogP contribution in [0.3, 0.4) is 0 Å². The molecule has 2 aromatic carbocycles. The van der Waals surface area contributed by atoms with Gasteiger partial charge in [0.2, 0.25) is 0 Å². The van der Waals surface area contributed by atoms with E-state index in [1.165, 1.54) is 17.8 Å². The smallest absolute Gasteiger partial charge is 0.277 e. The summed E-state index contributed by atoms with van der Waals surface area (Å²) in [6.45, 7) is 4.16. The van der Waals surface area contributed by atoms with Crippen molar-refractivity contribution in [2.75, 3.05) is 0 Å². The minimum atomic E-state index is -0.434. The normalized spacial score (nSPS) is 12.2. The highest BCUT2D eigenvalue weighted by Gasteiger charge is 2.15. The van der Waals surface area contributed by atoms with E-state index in [0.29, 0.717) is 11.1 Å². The molecule has 0 bridgehead atoms. The molecule has 0 radical (unpaired) electrons. The third-order valence-electron chi connectivity index (χ3n) is 3.49. The Morgan fingerprint density at radius 1 is 1.24 bits per heavy atom. The zero-order valence-corrected chi connectivity index (χ0v) is 15.3. The fourth-order valence-corrected chi connectivity index (χ4v) is 3.19. The summed E-state index contributed by atoms with van der Waals surface area (Å²) in [5, 5.41) is 8.51. The lowest BCUT2D eigenvalue weighted by molar-refractivity contribution is 0.252. The van der Waals surface area contributed by atoms with Crippen LogP contribution in [0.1, 0.15) is 29.2 Å². The lowest BCUT2D eigenvalue weighted by Gasteiger charge is -2.09. The number of halogens is 2. The van der Waals surface area contributed by atoms with Gasteiger partial charge in [0.1, 0.15) is 11.6 Å². The van der Waals surface area contributed by atoms with Crippen molar-refractivity contribution >= 4 is 23.4 Å². The highest BCUT2D eigenvalue weighted by Crippen LogP contribution is 2.35. The molecule has 130 valence electrons. The number of hydrogen-bond donors (Lipinski definition) is 0. The predicted molar refractivity (Wildman–Crippen MR) is 95.5 cm³/mol. The van der Waals surface area contributed by atoms with Gasteiger partial charge >= 0.3 is 0 Å². The predicted octanol–water partition coefficient (Wildman–Crippen LogP) is 5.60. The highest BCUT2D eigenvalue weighted by atomic mass is 35.5. The van der Waals surface area contributed by atoms with Crippen LogP contribution in [-0.4, -0.2) is 10.2 Å². The van der Waals surface area contributed by atoms with Crippen LogP contribution < -0.4 is 4.74 Å². The van der Waals surface area contributed by atoms with Crippen molar-refractivity contribution in [3.05, 3.63) is 70.3 Å². The van der Waals surface area contributed by atoms with Crippen molar-refractivity contribution < 1.29 is 13.5 Å². The third kappa shape index (κ3) is 4.74. The minimum Gasteiger partial charge on any atom is -0.484 e. The van der Waals surface area contributed by atoms with E-state index >= 15 is 0 Å². The molecule has 0 N–H and O–H groups in total. The lowest BCUT2D eigenvalue weighted by atomic mass is 10.2. The Labute approximate surface area is 154 Å². The average Bonchev–Trinajstić information content (AvgIpc) is 3.03. The monoisotopic (exact) mass is 378 g/mol. The Balaban J connectivity index is 1.60. The molecule has 0 fully saturated rings. The van der Waals surface area contributed by atoms with Crippen molar-refractivity contribution in [1.82, 2.24) is 10.2 Å². The van der Waals surface area contributed by atoms with E-state index in [1.807, 2.05) is 38.1 Å². The number of nitrogens with zero attached hydrogens (tertiary/aromatic N) is 2. The van der Waals surface area contributed by atoms with E-state index in [1.54, 1.807) is 12.1 Å². The number of hydrogen-bond acceptors (Lipinski definition) is 5. The molecule has 7 heteroatoms. The van der Waals surface area contributed by atoms with E-state index in [0.717, 1.165) is 16.9 Å². The van der Waals surface area contributed by atoms with Crippen LogP contribution in [0.25, 0.3) is 0 Å². The average molecular weight is 379 g/mol.